The van der Waals surface area contributed by atoms with Crippen LogP contribution in [0.2, 0.25) is 0 Å². The Bertz CT molecular complexity index is 246. The molecule has 1 aromatic heterocycles. The molecule has 1 atom stereocenters. The molecule has 0 radical (unpaired) electrons. The third-order valence-electron chi connectivity index (χ3n) is 1.61. The molecule has 1 heterocycles. The summed E-state index contributed by atoms with van der Waals surface area (Å²) < 4.78 is 10.4. The summed E-state index contributed by atoms with van der Waals surface area (Å²) in [5.74, 6) is 0.648. The molecular weight excluding hydrogens is 166 g/mol. The lowest BCUT2D eigenvalue weighted by Gasteiger charge is -2.12. The molecule has 0 aliphatic rings. The fourth-order valence-corrected chi connectivity index (χ4v) is 0.999. The number of aromatic nitrogens is 1. The van der Waals surface area contributed by atoms with E-state index >= 15 is 0 Å². The van der Waals surface area contributed by atoms with Crippen LogP contribution in [0.4, 0.5) is 0 Å². The number of pyridine rings is 1. The van der Waals surface area contributed by atoms with Crippen molar-refractivity contribution in [1.29, 1.82) is 0 Å². The van der Waals surface area contributed by atoms with Crippen molar-refractivity contribution in [2.45, 2.75) is 20.0 Å². The largest absolute Gasteiger partial charge is 0.472 e. The molecule has 0 unspecified atom stereocenters. The molecule has 0 aromatic carbocycles. The molecule has 1 aromatic rings. The van der Waals surface area contributed by atoms with E-state index < -0.39 is 0 Å². The van der Waals surface area contributed by atoms with Gasteiger partial charge in [0, 0.05) is 19.4 Å². The lowest BCUT2D eigenvalue weighted by Crippen LogP contribution is -2.18. The van der Waals surface area contributed by atoms with Gasteiger partial charge in [-0.25, -0.2) is 4.98 Å². The Morgan fingerprint density at radius 3 is 2.77 bits per heavy atom. The highest BCUT2D eigenvalue weighted by Crippen LogP contribution is 2.08. The van der Waals surface area contributed by atoms with Gasteiger partial charge in [0.25, 0.3) is 0 Å². The van der Waals surface area contributed by atoms with Gasteiger partial charge in [-0.3, -0.25) is 0 Å². The van der Waals surface area contributed by atoms with Gasteiger partial charge in [-0.05, 0) is 19.4 Å². The van der Waals surface area contributed by atoms with Crippen LogP contribution in [0.15, 0.2) is 18.3 Å². The molecule has 3 nitrogen and oxygen atoms in total. The number of hydrogen-bond acceptors (Lipinski definition) is 3. The maximum Gasteiger partial charge on any atom is 0.213 e. The van der Waals surface area contributed by atoms with E-state index in [2.05, 4.69) is 4.98 Å². The zero-order chi connectivity index (χ0) is 9.68. The Morgan fingerprint density at radius 2 is 2.23 bits per heavy atom. The first-order chi connectivity index (χ1) is 6.22. The van der Waals surface area contributed by atoms with Crippen LogP contribution >= 0.6 is 0 Å². The molecule has 3 heteroatoms. The van der Waals surface area contributed by atoms with E-state index in [-0.39, 0.29) is 6.10 Å². The molecule has 0 N–H and O–H groups in total. The summed E-state index contributed by atoms with van der Waals surface area (Å²) in [6.45, 7) is 4.52. The lowest BCUT2D eigenvalue weighted by atomic mass is 10.3. The third kappa shape index (κ3) is 3.42. The quantitative estimate of drug-likeness (QED) is 0.709. The zero-order valence-electron chi connectivity index (χ0n) is 8.28. The highest BCUT2D eigenvalue weighted by atomic mass is 16.5. The van der Waals surface area contributed by atoms with Gasteiger partial charge >= 0.3 is 0 Å². The van der Waals surface area contributed by atoms with E-state index in [9.17, 15) is 0 Å². The van der Waals surface area contributed by atoms with E-state index in [0.717, 1.165) is 5.56 Å². The van der Waals surface area contributed by atoms with Gasteiger partial charge < -0.3 is 9.47 Å². The summed E-state index contributed by atoms with van der Waals surface area (Å²) in [7, 11) is 1.66. The Labute approximate surface area is 78.7 Å². The predicted molar refractivity (Wildman–Crippen MR) is 50.9 cm³/mol. The monoisotopic (exact) mass is 181 g/mol. The topological polar surface area (TPSA) is 31.4 Å². The average Bonchev–Trinajstić information content (AvgIpc) is 2.09. The normalized spacial score (nSPS) is 12.5. The van der Waals surface area contributed by atoms with E-state index in [1.165, 1.54) is 0 Å². The molecule has 0 aliphatic heterocycles. The minimum atomic E-state index is 0.0419. The highest BCUT2D eigenvalue weighted by molar-refractivity contribution is 5.16. The minimum Gasteiger partial charge on any atom is -0.472 e. The van der Waals surface area contributed by atoms with Crippen molar-refractivity contribution in [3.8, 4) is 5.88 Å². The smallest absolute Gasteiger partial charge is 0.213 e. The van der Waals surface area contributed by atoms with Crippen molar-refractivity contribution < 1.29 is 9.47 Å². The second kappa shape index (κ2) is 4.82. The minimum absolute atomic E-state index is 0.0419. The van der Waals surface area contributed by atoms with Gasteiger partial charge in [0.1, 0.15) is 6.10 Å². The summed E-state index contributed by atoms with van der Waals surface area (Å²) in [5.41, 5.74) is 1.13. The summed E-state index contributed by atoms with van der Waals surface area (Å²) >= 11 is 0. The molecule has 0 fully saturated rings. The highest BCUT2D eigenvalue weighted by Gasteiger charge is 2.02. The SMILES string of the molecule is COC[C@@H](C)Oc1ccc(C)cn1. The average molecular weight is 181 g/mol. The number of aryl methyl sites for hydroxylation is 1. The van der Waals surface area contributed by atoms with Crippen LogP contribution in [-0.4, -0.2) is 24.8 Å². The van der Waals surface area contributed by atoms with E-state index in [0.29, 0.717) is 12.5 Å². The Kier molecular flexibility index (Phi) is 3.71. The number of methoxy groups -OCH3 is 1. The molecule has 13 heavy (non-hydrogen) atoms. The first kappa shape index (κ1) is 9.99. The van der Waals surface area contributed by atoms with Crippen LogP contribution in [0.3, 0.4) is 0 Å². The summed E-state index contributed by atoms with van der Waals surface area (Å²) in [4.78, 5) is 4.12. The fourth-order valence-electron chi connectivity index (χ4n) is 0.999. The maximum atomic E-state index is 5.47. The predicted octanol–water partition coefficient (Wildman–Crippen LogP) is 1.80. The molecule has 0 amide bonds. The first-order valence-corrected chi connectivity index (χ1v) is 4.30. The number of ether oxygens (including phenoxy) is 2. The van der Waals surface area contributed by atoms with Crippen LogP contribution < -0.4 is 4.74 Å². The van der Waals surface area contributed by atoms with Gasteiger partial charge in [-0.2, -0.15) is 0 Å². The fraction of sp³-hybridized carbons (Fsp3) is 0.500. The van der Waals surface area contributed by atoms with Gasteiger partial charge in [0.15, 0.2) is 0 Å². The number of hydrogen-bond donors (Lipinski definition) is 0. The van der Waals surface area contributed by atoms with Crippen LogP contribution in [0.5, 0.6) is 5.88 Å². The molecule has 0 aliphatic carbocycles. The second-order valence-corrected chi connectivity index (χ2v) is 3.06. The molecule has 0 saturated carbocycles. The maximum absolute atomic E-state index is 5.47. The second-order valence-electron chi connectivity index (χ2n) is 3.06. The van der Waals surface area contributed by atoms with Crippen molar-refractivity contribution in [1.82, 2.24) is 4.98 Å². The van der Waals surface area contributed by atoms with Crippen LogP contribution in [0, 0.1) is 6.92 Å². The van der Waals surface area contributed by atoms with E-state index in [1.54, 1.807) is 13.3 Å². The van der Waals surface area contributed by atoms with Crippen molar-refractivity contribution in [3.63, 3.8) is 0 Å². The summed E-state index contributed by atoms with van der Waals surface area (Å²) in [5, 5.41) is 0. The molecule has 72 valence electrons. The molecular formula is C10H15NO2. The Hall–Kier alpha value is -1.09. The van der Waals surface area contributed by atoms with Crippen LogP contribution in [-0.2, 0) is 4.74 Å². The standard InChI is InChI=1S/C10H15NO2/c1-8-4-5-10(11-6-8)13-9(2)7-12-3/h4-6,9H,7H2,1-3H3/t9-/m1/s1. The van der Waals surface area contributed by atoms with Crippen LogP contribution in [0.25, 0.3) is 0 Å². The zero-order valence-corrected chi connectivity index (χ0v) is 8.28. The molecule has 0 spiro atoms. The van der Waals surface area contributed by atoms with Gasteiger partial charge in [0.05, 0.1) is 6.61 Å². The third-order valence-corrected chi connectivity index (χ3v) is 1.61. The summed E-state index contributed by atoms with van der Waals surface area (Å²) in [6.07, 6.45) is 1.83. The van der Waals surface area contributed by atoms with Gasteiger partial charge in [0.2, 0.25) is 5.88 Å². The first-order valence-electron chi connectivity index (χ1n) is 4.30. The van der Waals surface area contributed by atoms with E-state index in [1.807, 2.05) is 26.0 Å². The van der Waals surface area contributed by atoms with Crippen LogP contribution in [0.1, 0.15) is 12.5 Å². The van der Waals surface area contributed by atoms with Crippen molar-refractivity contribution in [3.05, 3.63) is 23.9 Å². The molecule has 1 rings (SSSR count). The van der Waals surface area contributed by atoms with Crippen molar-refractivity contribution in [2.24, 2.45) is 0 Å². The Balaban J connectivity index is 2.49. The summed E-state index contributed by atoms with van der Waals surface area (Å²) in [6, 6.07) is 3.84. The van der Waals surface area contributed by atoms with E-state index in [4.69, 9.17) is 9.47 Å². The lowest BCUT2D eigenvalue weighted by molar-refractivity contribution is 0.0889. The van der Waals surface area contributed by atoms with Gasteiger partial charge in [-0.15, -0.1) is 0 Å². The van der Waals surface area contributed by atoms with Crippen molar-refractivity contribution >= 4 is 0 Å². The van der Waals surface area contributed by atoms with Crippen molar-refractivity contribution in [2.75, 3.05) is 13.7 Å². The van der Waals surface area contributed by atoms with Gasteiger partial charge in [-0.1, -0.05) is 6.07 Å². The molecule has 0 saturated heterocycles. The molecule has 0 bridgehead atoms. The number of rotatable bonds is 4. The Morgan fingerprint density at radius 1 is 1.46 bits per heavy atom. The number of nitrogens with zero attached hydrogens (tertiary/aromatic N) is 1.